The summed E-state index contributed by atoms with van der Waals surface area (Å²) in [6, 6.07) is 12.9. The Morgan fingerprint density at radius 3 is 2.18 bits per heavy atom. The molecule has 2 aromatic carbocycles. The van der Waals surface area contributed by atoms with E-state index in [9.17, 15) is 18.4 Å². The van der Waals surface area contributed by atoms with Crippen LogP contribution in [0.5, 0.6) is 0 Å². The van der Waals surface area contributed by atoms with Crippen molar-refractivity contribution in [2.45, 2.75) is 25.7 Å². The lowest BCUT2D eigenvalue weighted by atomic mass is 9.93. The van der Waals surface area contributed by atoms with Crippen LogP contribution < -0.4 is 0 Å². The lowest BCUT2D eigenvalue weighted by Crippen LogP contribution is -2.51. The number of rotatable bonds is 5. The maximum absolute atomic E-state index is 13.4. The zero-order chi connectivity index (χ0) is 20.1. The van der Waals surface area contributed by atoms with E-state index < -0.39 is 11.6 Å². The molecule has 1 unspecified atom stereocenters. The molecule has 28 heavy (non-hydrogen) atoms. The van der Waals surface area contributed by atoms with Gasteiger partial charge in [-0.3, -0.25) is 9.59 Å². The lowest BCUT2D eigenvalue weighted by Gasteiger charge is -2.36. The minimum Gasteiger partial charge on any atom is -0.339 e. The van der Waals surface area contributed by atoms with E-state index in [2.05, 4.69) is 6.92 Å². The van der Waals surface area contributed by atoms with E-state index in [-0.39, 0.29) is 23.3 Å². The number of piperazine rings is 1. The first-order valence-corrected chi connectivity index (χ1v) is 9.59. The number of amides is 2. The highest BCUT2D eigenvalue weighted by Crippen LogP contribution is 2.24. The topological polar surface area (TPSA) is 40.6 Å². The van der Waals surface area contributed by atoms with Crippen LogP contribution in [-0.4, -0.2) is 47.8 Å². The van der Waals surface area contributed by atoms with Gasteiger partial charge < -0.3 is 9.80 Å². The van der Waals surface area contributed by atoms with Crippen LogP contribution in [0.15, 0.2) is 48.5 Å². The number of benzene rings is 2. The molecule has 148 valence electrons. The van der Waals surface area contributed by atoms with E-state index in [1.54, 1.807) is 9.80 Å². The van der Waals surface area contributed by atoms with Gasteiger partial charge in [-0.25, -0.2) is 8.78 Å². The second-order valence-corrected chi connectivity index (χ2v) is 7.00. The summed E-state index contributed by atoms with van der Waals surface area (Å²) in [6.07, 6.45) is 1.68. The molecular weight excluding hydrogens is 362 g/mol. The van der Waals surface area contributed by atoms with Crippen molar-refractivity contribution in [1.82, 2.24) is 9.80 Å². The summed E-state index contributed by atoms with van der Waals surface area (Å²) in [5, 5.41) is 0. The van der Waals surface area contributed by atoms with Crippen LogP contribution in [0.2, 0.25) is 0 Å². The van der Waals surface area contributed by atoms with E-state index in [0.717, 1.165) is 30.5 Å². The average Bonchev–Trinajstić information content (AvgIpc) is 2.74. The SMILES string of the molecule is CCCC(C(=O)N1CCN(C(=O)c2ccc(F)c(F)c2)CC1)c1ccccc1. The Labute approximate surface area is 163 Å². The van der Waals surface area contributed by atoms with E-state index in [1.165, 1.54) is 6.07 Å². The zero-order valence-electron chi connectivity index (χ0n) is 15.9. The molecule has 0 saturated carbocycles. The minimum atomic E-state index is -1.04. The fourth-order valence-electron chi connectivity index (χ4n) is 3.57. The van der Waals surface area contributed by atoms with Crippen molar-refractivity contribution >= 4 is 11.8 Å². The Kier molecular flexibility index (Phi) is 6.39. The molecule has 1 saturated heterocycles. The first kappa shape index (κ1) is 20.0. The van der Waals surface area contributed by atoms with Gasteiger partial charge in [-0.05, 0) is 30.2 Å². The molecule has 0 N–H and O–H groups in total. The van der Waals surface area contributed by atoms with E-state index in [0.29, 0.717) is 26.2 Å². The summed E-state index contributed by atoms with van der Waals surface area (Å²) in [6.45, 7) is 3.67. The van der Waals surface area contributed by atoms with Gasteiger partial charge in [-0.2, -0.15) is 0 Å². The third kappa shape index (κ3) is 4.38. The third-order valence-corrected chi connectivity index (χ3v) is 5.12. The van der Waals surface area contributed by atoms with Gasteiger partial charge in [0, 0.05) is 31.7 Å². The average molecular weight is 386 g/mol. The van der Waals surface area contributed by atoms with Crippen molar-refractivity contribution in [3.63, 3.8) is 0 Å². The molecule has 2 amide bonds. The maximum atomic E-state index is 13.4. The molecule has 1 fully saturated rings. The summed E-state index contributed by atoms with van der Waals surface area (Å²) in [5.74, 6) is -2.47. The van der Waals surface area contributed by atoms with Crippen molar-refractivity contribution in [1.29, 1.82) is 0 Å². The first-order valence-electron chi connectivity index (χ1n) is 9.59. The Morgan fingerprint density at radius 1 is 0.929 bits per heavy atom. The predicted molar refractivity (Wildman–Crippen MR) is 103 cm³/mol. The van der Waals surface area contributed by atoms with Crippen molar-refractivity contribution < 1.29 is 18.4 Å². The molecule has 1 aliphatic rings. The molecule has 6 heteroatoms. The lowest BCUT2D eigenvalue weighted by molar-refractivity contribution is -0.134. The van der Waals surface area contributed by atoms with E-state index >= 15 is 0 Å². The van der Waals surface area contributed by atoms with Crippen LogP contribution in [0.3, 0.4) is 0 Å². The molecule has 0 bridgehead atoms. The number of carbonyl (C=O) groups excluding carboxylic acids is 2. The minimum absolute atomic E-state index is 0.0768. The molecule has 1 atom stereocenters. The van der Waals surface area contributed by atoms with Crippen molar-refractivity contribution in [2.24, 2.45) is 0 Å². The molecular formula is C22H24F2N2O2. The molecule has 2 aromatic rings. The van der Waals surface area contributed by atoms with Crippen LogP contribution in [0.1, 0.15) is 41.6 Å². The highest BCUT2D eigenvalue weighted by atomic mass is 19.2. The second kappa shape index (κ2) is 8.95. The highest BCUT2D eigenvalue weighted by Gasteiger charge is 2.29. The second-order valence-electron chi connectivity index (χ2n) is 7.00. The Bertz CT molecular complexity index is 834. The molecule has 3 rings (SSSR count). The summed E-state index contributed by atoms with van der Waals surface area (Å²) in [7, 11) is 0. The van der Waals surface area contributed by atoms with Gasteiger partial charge >= 0.3 is 0 Å². The van der Waals surface area contributed by atoms with Crippen molar-refractivity contribution in [3.8, 4) is 0 Å². The van der Waals surface area contributed by atoms with Crippen LogP contribution >= 0.6 is 0 Å². The number of halogens is 2. The normalized spacial score (nSPS) is 15.4. The van der Waals surface area contributed by atoms with Crippen LogP contribution in [0.4, 0.5) is 8.78 Å². The Balaban J connectivity index is 1.64. The largest absolute Gasteiger partial charge is 0.339 e. The number of nitrogens with zero attached hydrogens (tertiary/aromatic N) is 2. The summed E-state index contributed by atoms with van der Waals surface area (Å²) in [5.41, 5.74) is 1.13. The fraction of sp³-hybridized carbons (Fsp3) is 0.364. The van der Waals surface area contributed by atoms with E-state index in [4.69, 9.17) is 0 Å². The maximum Gasteiger partial charge on any atom is 0.254 e. The van der Waals surface area contributed by atoms with Gasteiger partial charge in [-0.15, -0.1) is 0 Å². The van der Waals surface area contributed by atoms with Crippen LogP contribution in [-0.2, 0) is 4.79 Å². The van der Waals surface area contributed by atoms with Crippen LogP contribution in [0, 0.1) is 11.6 Å². The van der Waals surface area contributed by atoms with E-state index in [1.807, 2.05) is 30.3 Å². The zero-order valence-corrected chi connectivity index (χ0v) is 15.9. The third-order valence-electron chi connectivity index (χ3n) is 5.12. The van der Waals surface area contributed by atoms with Crippen molar-refractivity contribution in [2.75, 3.05) is 26.2 Å². The molecule has 0 radical (unpaired) electrons. The Morgan fingerprint density at radius 2 is 1.57 bits per heavy atom. The number of hydrogen-bond donors (Lipinski definition) is 0. The molecule has 1 aliphatic heterocycles. The quantitative estimate of drug-likeness (QED) is 0.784. The van der Waals surface area contributed by atoms with Crippen molar-refractivity contribution in [3.05, 3.63) is 71.3 Å². The smallest absolute Gasteiger partial charge is 0.254 e. The molecule has 0 spiro atoms. The molecule has 0 aliphatic carbocycles. The summed E-state index contributed by atoms with van der Waals surface area (Å²) in [4.78, 5) is 29.0. The van der Waals surface area contributed by atoms with Crippen LogP contribution in [0.25, 0.3) is 0 Å². The van der Waals surface area contributed by atoms with Gasteiger partial charge in [0.05, 0.1) is 5.92 Å². The Hall–Kier alpha value is -2.76. The van der Waals surface area contributed by atoms with Gasteiger partial charge in [-0.1, -0.05) is 43.7 Å². The van der Waals surface area contributed by atoms with Gasteiger partial charge in [0.15, 0.2) is 11.6 Å². The van der Waals surface area contributed by atoms with Gasteiger partial charge in [0.1, 0.15) is 0 Å². The predicted octanol–water partition coefficient (Wildman–Crippen LogP) is 3.83. The molecule has 4 nitrogen and oxygen atoms in total. The number of hydrogen-bond acceptors (Lipinski definition) is 2. The van der Waals surface area contributed by atoms with Gasteiger partial charge in [0.25, 0.3) is 5.91 Å². The standard InChI is InChI=1S/C22H24F2N2O2/c1-2-6-18(16-7-4-3-5-8-16)22(28)26-13-11-25(12-14-26)21(27)17-9-10-19(23)20(24)15-17/h3-5,7-10,15,18H,2,6,11-14H2,1H3. The monoisotopic (exact) mass is 386 g/mol. The molecule has 1 heterocycles. The number of carbonyl (C=O) groups is 2. The van der Waals surface area contributed by atoms with Gasteiger partial charge in [0.2, 0.25) is 5.91 Å². The highest BCUT2D eigenvalue weighted by molar-refractivity contribution is 5.94. The first-order chi connectivity index (χ1) is 13.5. The summed E-state index contributed by atoms with van der Waals surface area (Å²) >= 11 is 0. The fourth-order valence-corrected chi connectivity index (χ4v) is 3.57. The molecule has 0 aromatic heterocycles. The summed E-state index contributed by atoms with van der Waals surface area (Å²) < 4.78 is 26.5.